The van der Waals surface area contributed by atoms with E-state index in [0.717, 1.165) is 37.6 Å². The van der Waals surface area contributed by atoms with Crippen LogP contribution in [-0.4, -0.2) is 46.6 Å². The monoisotopic (exact) mass is 447 g/mol. The summed E-state index contributed by atoms with van der Waals surface area (Å²) in [6, 6.07) is 8.90. The van der Waals surface area contributed by atoms with Crippen LogP contribution in [0.15, 0.2) is 46.2 Å². The van der Waals surface area contributed by atoms with Crippen LogP contribution in [0.25, 0.3) is 0 Å². The Morgan fingerprint density at radius 2 is 2.13 bits per heavy atom. The van der Waals surface area contributed by atoms with Gasteiger partial charge in [0.05, 0.1) is 30.7 Å². The number of anilines is 2. The summed E-state index contributed by atoms with van der Waals surface area (Å²) in [5, 5.41) is 12.7. The van der Waals surface area contributed by atoms with E-state index in [2.05, 4.69) is 20.4 Å². The Morgan fingerprint density at radius 1 is 1.30 bits per heavy atom. The van der Waals surface area contributed by atoms with Crippen LogP contribution in [0.4, 0.5) is 11.6 Å². The summed E-state index contributed by atoms with van der Waals surface area (Å²) in [6.07, 6.45) is 3.93. The molecule has 1 amide bonds. The number of carbonyl (C=O) groups is 1. The summed E-state index contributed by atoms with van der Waals surface area (Å²) in [4.78, 5) is 14.7. The van der Waals surface area contributed by atoms with Gasteiger partial charge in [-0.15, -0.1) is 10.2 Å². The van der Waals surface area contributed by atoms with Gasteiger partial charge in [-0.05, 0) is 43.2 Å². The molecular formula is C20H22ClN5O3S. The Labute approximate surface area is 183 Å². The maximum absolute atomic E-state index is 12.5. The molecule has 1 N–H and O–H groups in total. The van der Waals surface area contributed by atoms with Crippen molar-refractivity contribution in [3.63, 3.8) is 0 Å². The van der Waals surface area contributed by atoms with Crippen molar-refractivity contribution in [2.24, 2.45) is 0 Å². The standard InChI is InChI=1S/C20H22ClN5O3S/c1-28-17-7-6-14(11-16(17)21)22-18(27)13-30-20-24-23-19(25-8-2-3-9-25)26(20)12-15-5-4-10-29-15/h4-7,10-11H,2-3,8-9,12-13H2,1H3,(H,22,27). The van der Waals surface area contributed by atoms with Crippen molar-refractivity contribution in [2.45, 2.75) is 24.5 Å². The third-order valence-corrected chi connectivity index (χ3v) is 6.01. The van der Waals surface area contributed by atoms with Gasteiger partial charge >= 0.3 is 0 Å². The molecule has 1 aliphatic heterocycles. The Hall–Kier alpha value is -2.65. The third-order valence-electron chi connectivity index (χ3n) is 4.75. The van der Waals surface area contributed by atoms with E-state index in [4.69, 9.17) is 20.8 Å². The predicted molar refractivity (Wildman–Crippen MR) is 117 cm³/mol. The van der Waals surface area contributed by atoms with Crippen LogP contribution in [0.5, 0.6) is 5.75 Å². The fourth-order valence-corrected chi connectivity index (χ4v) is 4.30. The minimum absolute atomic E-state index is 0.156. The Kier molecular flexibility index (Phi) is 6.49. The van der Waals surface area contributed by atoms with Gasteiger partial charge in [-0.25, -0.2) is 0 Å². The number of furan rings is 1. The smallest absolute Gasteiger partial charge is 0.234 e. The van der Waals surface area contributed by atoms with E-state index in [0.29, 0.717) is 28.2 Å². The summed E-state index contributed by atoms with van der Waals surface area (Å²) in [5.74, 6) is 2.23. The van der Waals surface area contributed by atoms with Crippen LogP contribution in [0.1, 0.15) is 18.6 Å². The van der Waals surface area contributed by atoms with Gasteiger partial charge < -0.3 is 19.4 Å². The third kappa shape index (κ3) is 4.73. The molecule has 1 aromatic carbocycles. The van der Waals surface area contributed by atoms with Crippen molar-refractivity contribution < 1.29 is 13.9 Å². The van der Waals surface area contributed by atoms with E-state index in [1.54, 1.807) is 31.6 Å². The lowest BCUT2D eigenvalue weighted by Gasteiger charge is -2.17. The highest BCUT2D eigenvalue weighted by atomic mass is 35.5. The number of halogens is 1. The SMILES string of the molecule is COc1ccc(NC(=O)CSc2nnc(N3CCCC3)n2Cc2ccco2)cc1Cl. The Bertz CT molecular complexity index is 1000. The van der Waals surface area contributed by atoms with E-state index >= 15 is 0 Å². The first kappa shape index (κ1) is 20.6. The zero-order chi connectivity index (χ0) is 20.9. The highest BCUT2D eigenvalue weighted by molar-refractivity contribution is 7.99. The number of benzene rings is 1. The number of thioether (sulfide) groups is 1. The van der Waals surface area contributed by atoms with Gasteiger partial charge in [0.15, 0.2) is 5.16 Å². The van der Waals surface area contributed by atoms with Crippen molar-refractivity contribution in [3.05, 3.63) is 47.4 Å². The number of carbonyl (C=O) groups excluding carboxylic acids is 1. The number of aromatic nitrogens is 3. The summed E-state index contributed by atoms with van der Waals surface area (Å²) in [5.41, 5.74) is 0.612. The lowest BCUT2D eigenvalue weighted by Crippen LogP contribution is -2.22. The summed E-state index contributed by atoms with van der Waals surface area (Å²) in [7, 11) is 1.55. The van der Waals surface area contributed by atoms with Crippen LogP contribution in [0.2, 0.25) is 5.02 Å². The molecule has 0 spiro atoms. The van der Waals surface area contributed by atoms with Gasteiger partial charge in [-0.2, -0.15) is 0 Å². The molecule has 2 aromatic heterocycles. The highest BCUT2D eigenvalue weighted by Gasteiger charge is 2.22. The van der Waals surface area contributed by atoms with Crippen LogP contribution < -0.4 is 15.0 Å². The zero-order valence-corrected chi connectivity index (χ0v) is 18.1. The fraction of sp³-hybridized carbons (Fsp3) is 0.350. The molecule has 10 heteroatoms. The molecule has 158 valence electrons. The van der Waals surface area contributed by atoms with Crippen LogP contribution >= 0.6 is 23.4 Å². The molecule has 0 unspecified atom stereocenters. The van der Waals surface area contributed by atoms with Crippen molar-refractivity contribution >= 4 is 40.9 Å². The number of amides is 1. The van der Waals surface area contributed by atoms with Crippen LogP contribution in [-0.2, 0) is 11.3 Å². The van der Waals surface area contributed by atoms with E-state index in [-0.39, 0.29) is 11.7 Å². The van der Waals surface area contributed by atoms with Crippen molar-refractivity contribution in [3.8, 4) is 5.75 Å². The lowest BCUT2D eigenvalue weighted by molar-refractivity contribution is -0.113. The average Bonchev–Trinajstić information content (AvgIpc) is 3.49. The second-order valence-electron chi connectivity index (χ2n) is 6.83. The average molecular weight is 448 g/mol. The van der Waals surface area contributed by atoms with E-state index in [9.17, 15) is 4.79 Å². The van der Waals surface area contributed by atoms with Crippen LogP contribution in [0, 0.1) is 0 Å². The molecule has 1 fully saturated rings. The molecule has 30 heavy (non-hydrogen) atoms. The number of nitrogens with zero attached hydrogens (tertiary/aromatic N) is 4. The Balaban J connectivity index is 1.44. The topological polar surface area (TPSA) is 85.4 Å². The predicted octanol–water partition coefficient (Wildman–Crippen LogP) is 3.91. The molecule has 3 heterocycles. The molecule has 8 nitrogen and oxygen atoms in total. The normalized spacial score (nSPS) is 13.6. The number of rotatable bonds is 8. The minimum Gasteiger partial charge on any atom is -0.495 e. The van der Waals surface area contributed by atoms with Crippen LogP contribution in [0.3, 0.4) is 0 Å². The number of methoxy groups -OCH3 is 1. The van der Waals surface area contributed by atoms with Gasteiger partial charge in [0.2, 0.25) is 11.9 Å². The molecule has 1 aliphatic rings. The highest BCUT2D eigenvalue weighted by Crippen LogP contribution is 2.28. The molecular weight excluding hydrogens is 426 g/mol. The molecule has 0 atom stereocenters. The molecule has 0 aliphatic carbocycles. The van der Waals surface area contributed by atoms with Gasteiger partial charge in [-0.3, -0.25) is 9.36 Å². The maximum atomic E-state index is 12.5. The zero-order valence-electron chi connectivity index (χ0n) is 16.5. The molecule has 0 bridgehead atoms. The van der Waals surface area contributed by atoms with Gasteiger partial charge in [-0.1, -0.05) is 23.4 Å². The minimum atomic E-state index is -0.156. The fourth-order valence-electron chi connectivity index (χ4n) is 3.31. The van der Waals surface area contributed by atoms with Gasteiger partial charge in [0.25, 0.3) is 0 Å². The summed E-state index contributed by atoms with van der Waals surface area (Å²) in [6.45, 7) is 2.43. The molecule has 4 rings (SSSR count). The van der Waals surface area contributed by atoms with Gasteiger partial charge in [0.1, 0.15) is 11.5 Å². The van der Waals surface area contributed by atoms with E-state index in [1.807, 2.05) is 16.7 Å². The van der Waals surface area contributed by atoms with Crippen molar-refractivity contribution in [2.75, 3.05) is 36.2 Å². The summed E-state index contributed by atoms with van der Waals surface area (Å²) < 4.78 is 12.6. The first-order valence-corrected chi connectivity index (χ1v) is 11.0. The number of hydrogen-bond acceptors (Lipinski definition) is 7. The first-order chi connectivity index (χ1) is 14.6. The maximum Gasteiger partial charge on any atom is 0.234 e. The molecule has 0 saturated carbocycles. The number of hydrogen-bond donors (Lipinski definition) is 1. The number of ether oxygens (including phenoxy) is 1. The molecule has 0 radical (unpaired) electrons. The second kappa shape index (κ2) is 9.44. The Morgan fingerprint density at radius 3 is 2.83 bits per heavy atom. The second-order valence-corrected chi connectivity index (χ2v) is 8.18. The molecule has 3 aromatic rings. The van der Waals surface area contributed by atoms with Crippen molar-refractivity contribution in [1.29, 1.82) is 0 Å². The number of nitrogens with one attached hydrogen (secondary N) is 1. The quantitative estimate of drug-likeness (QED) is 0.524. The van der Waals surface area contributed by atoms with Crippen molar-refractivity contribution in [1.82, 2.24) is 14.8 Å². The summed E-state index contributed by atoms with van der Waals surface area (Å²) >= 11 is 7.46. The van der Waals surface area contributed by atoms with E-state index in [1.165, 1.54) is 11.8 Å². The molecule has 1 saturated heterocycles. The first-order valence-electron chi connectivity index (χ1n) is 9.61. The van der Waals surface area contributed by atoms with Gasteiger partial charge in [0, 0.05) is 18.8 Å². The largest absolute Gasteiger partial charge is 0.495 e. The lowest BCUT2D eigenvalue weighted by atomic mass is 10.3. The van der Waals surface area contributed by atoms with E-state index < -0.39 is 0 Å².